The van der Waals surface area contributed by atoms with Gasteiger partial charge in [0.05, 0.1) is 0 Å². The van der Waals surface area contributed by atoms with Crippen LogP contribution in [-0.2, 0) is 4.79 Å². The standard InChI is InChI=1S/C18H36O2.C16H10/c1-2-3-4-5-6-7-8-9-10-11-12-13-14-15-16-17-18(19)20;1-3-11-7-9-13-5-2-6-14-10-8-12(4-1)15(11)16(13)14/h2-17H2,1H3,(H,19,20);1-10H. The number of carboxylic acid groups (broad SMARTS) is 1. The molecule has 0 bridgehead atoms. The number of hydrogen-bond acceptors (Lipinski definition) is 1. The van der Waals surface area contributed by atoms with Gasteiger partial charge < -0.3 is 5.11 Å². The van der Waals surface area contributed by atoms with Crippen LogP contribution >= 0.6 is 0 Å². The van der Waals surface area contributed by atoms with Crippen molar-refractivity contribution in [2.24, 2.45) is 0 Å². The van der Waals surface area contributed by atoms with E-state index in [0.29, 0.717) is 6.42 Å². The molecule has 0 aromatic heterocycles. The maximum Gasteiger partial charge on any atom is 0.303 e. The van der Waals surface area contributed by atoms with E-state index in [9.17, 15) is 4.79 Å². The number of carbonyl (C=O) groups is 1. The van der Waals surface area contributed by atoms with Crippen molar-refractivity contribution in [3.8, 4) is 0 Å². The molecule has 0 aliphatic carbocycles. The van der Waals surface area contributed by atoms with Crippen molar-refractivity contribution in [1.82, 2.24) is 0 Å². The molecule has 0 fully saturated rings. The van der Waals surface area contributed by atoms with Gasteiger partial charge in [0.2, 0.25) is 0 Å². The highest BCUT2D eigenvalue weighted by Gasteiger charge is 2.06. The smallest absolute Gasteiger partial charge is 0.303 e. The molecule has 2 nitrogen and oxygen atoms in total. The molecule has 4 rings (SSSR count). The van der Waals surface area contributed by atoms with Crippen molar-refractivity contribution >= 4 is 38.3 Å². The van der Waals surface area contributed by atoms with E-state index in [1.165, 1.54) is 116 Å². The van der Waals surface area contributed by atoms with Gasteiger partial charge in [-0.05, 0) is 38.7 Å². The van der Waals surface area contributed by atoms with Crippen LogP contribution in [0.3, 0.4) is 0 Å². The first-order chi connectivity index (χ1) is 17.7. The fourth-order valence-electron chi connectivity index (χ4n) is 5.32. The molecule has 36 heavy (non-hydrogen) atoms. The van der Waals surface area contributed by atoms with Crippen molar-refractivity contribution in [3.05, 3.63) is 60.7 Å². The van der Waals surface area contributed by atoms with Crippen LogP contribution in [-0.4, -0.2) is 11.1 Å². The number of carboxylic acids is 1. The SMILES string of the molecule is CCCCCCCCCCCCCCCCCC(=O)O.c1cc2ccc3cccc4ccc(c1)c2c34. The van der Waals surface area contributed by atoms with Gasteiger partial charge in [0.15, 0.2) is 0 Å². The monoisotopic (exact) mass is 486 g/mol. The Morgan fingerprint density at radius 1 is 0.500 bits per heavy atom. The molecule has 0 saturated carbocycles. The summed E-state index contributed by atoms with van der Waals surface area (Å²) in [5.41, 5.74) is 0. The molecule has 0 heterocycles. The third-order valence-corrected chi connectivity index (χ3v) is 7.39. The molecule has 0 saturated heterocycles. The van der Waals surface area contributed by atoms with Gasteiger partial charge in [0.1, 0.15) is 0 Å². The van der Waals surface area contributed by atoms with E-state index in [1.807, 2.05) is 0 Å². The summed E-state index contributed by atoms with van der Waals surface area (Å²) in [5, 5.41) is 16.7. The molecular formula is C34H46O2. The number of hydrogen-bond donors (Lipinski definition) is 1. The zero-order valence-corrected chi connectivity index (χ0v) is 22.4. The molecule has 4 aromatic carbocycles. The third-order valence-electron chi connectivity index (χ3n) is 7.39. The Kier molecular flexibility index (Phi) is 12.6. The average molecular weight is 487 g/mol. The van der Waals surface area contributed by atoms with Gasteiger partial charge in [-0.3, -0.25) is 4.79 Å². The summed E-state index contributed by atoms with van der Waals surface area (Å²) in [6.07, 6.45) is 20.2. The van der Waals surface area contributed by atoms with E-state index in [2.05, 4.69) is 67.6 Å². The van der Waals surface area contributed by atoms with Crippen LogP contribution in [0.15, 0.2) is 60.7 Å². The van der Waals surface area contributed by atoms with Crippen LogP contribution in [0.5, 0.6) is 0 Å². The first-order valence-corrected chi connectivity index (χ1v) is 14.5. The van der Waals surface area contributed by atoms with Crippen molar-refractivity contribution in [1.29, 1.82) is 0 Å². The largest absolute Gasteiger partial charge is 0.481 e. The summed E-state index contributed by atoms with van der Waals surface area (Å²) >= 11 is 0. The second-order valence-electron chi connectivity index (χ2n) is 10.4. The molecule has 194 valence electrons. The Balaban J connectivity index is 0.000000203. The Bertz CT molecular complexity index is 1020. The van der Waals surface area contributed by atoms with Gasteiger partial charge in [-0.2, -0.15) is 0 Å². The topological polar surface area (TPSA) is 37.3 Å². The van der Waals surface area contributed by atoms with E-state index >= 15 is 0 Å². The first kappa shape index (κ1) is 28.0. The van der Waals surface area contributed by atoms with Crippen molar-refractivity contribution in [3.63, 3.8) is 0 Å². The summed E-state index contributed by atoms with van der Waals surface area (Å²) in [4.78, 5) is 10.3. The Morgan fingerprint density at radius 2 is 0.806 bits per heavy atom. The van der Waals surface area contributed by atoms with Crippen molar-refractivity contribution < 1.29 is 9.90 Å². The predicted molar refractivity (Wildman–Crippen MR) is 157 cm³/mol. The Morgan fingerprint density at radius 3 is 1.11 bits per heavy atom. The zero-order chi connectivity index (χ0) is 25.4. The Labute approximate surface area is 218 Å². The molecule has 0 aliphatic heterocycles. The molecular weight excluding hydrogens is 440 g/mol. The van der Waals surface area contributed by atoms with Crippen molar-refractivity contribution in [2.75, 3.05) is 0 Å². The van der Waals surface area contributed by atoms with Crippen LogP contribution < -0.4 is 0 Å². The summed E-state index contributed by atoms with van der Waals surface area (Å²) in [6.45, 7) is 2.27. The van der Waals surface area contributed by atoms with Crippen molar-refractivity contribution in [2.45, 2.75) is 110 Å². The molecule has 0 atom stereocenters. The van der Waals surface area contributed by atoms with Gasteiger partial charge in [0, 0.05) is 6.42 Å². The molecule has 0 aliphatic rings. The maximum absolute atomic E-state index is 10.3. The highest BCUT2D eigenvalue weighted by Crippen LogP contribution is 2.33. The second-order valence-corrected chi connectivity index (χ2v) is 10.4. The number of aliphatic carboxylic acids is 1. The molecule has 0 spiro atoms. The molecule has 1 N–H and O–H groups in total. The van der Waals surface area contributed by atoms with Gasteiger partial charge in [0.25, 0.3) is 0 Å². The van der Waals surface area contributed by atoms with Gasteiger partial charge in [-0.1, -0.05) is 157 Å². The highest BCUT2D eigenvalue weighted by molar-refractivity contribution is 6.22. The lowest BCUT2D eigenvalue weighted by molar-refractivity contribution is -0.137. The van der Waals surface area contributed by atoms with Crippen LogP contribution in [0.25, 0.3) is 32.3 Å². The average Bonchev–Trinajstić information content (AvgIpc) is 2.90. The van der Waals surface area contributed by atoms with E-state index in [0.717, 1.165) is 12.8 Å². The van der Waals surface area contributed by atoms with Gasteiger partial charge in [-0.15, -0.1) is 0 Å². The summed E-state index contributed by atoms with van der Waals surface area (Å²) < 4.78 is 0. The second kappa shape index (κ2) is 16.2. The van der Waals surface area contributed by atoms with Crippen LogP contribution in [0.2, 0.25) is 0 Å². The molecule has 2 heteroatoms. The molecule has 0 radical (unpaired) electrons. The van der Waals surface area contributed by atoms with E-state index in [1.54, 1.807) is 0 Å². The van der Waals surface area contributed by atoms with Crippen LogP contribution in [0, 0.1) is 0 Å². The van der Waals surface area contributed by atoms with Gasteiger partial charge >= 0.3 is 5.97 Å². The minimum atomic E-state index is -0.653. The minimum absolute atomic E-state index is 0.345. The zero-order valence-electron chi connectivity index (χ0n) is 22.4. The Hall–Kier alpha value is -2.61. The molecule has 0 unspecified atom stereocenters. The quantitative estimate of drug-likeness (QED) is 0.126. The van der Waals surface area contributed by atoms with E-state index < -0.39 is 5.97 Å². The van der Waals surface area contributed by atoms with Crippen LogP contribution in [0.4, 0.5) is 0 Å². The van der Waals surface area contributed by atoms with Gasteiger partial charge in [-0.25, -0.2) is 0 Å². The fourth-order valence-corrected chi connectivity index (χ4v) is 5.32. The minimum Gasteiger partial charge on any atom is -0.481 e. The summed E-state index contributed by atoms with van der Waals surface area (Å²) in [6, 6.07) is 21.9. The first-order valence-electron chi connectivity index (χ1n) is 14.5. The maximum atomic E-state index is 10.3. The van der Waals surface area contributed by atoms with E-state index in [-0.39, 0.29) is 0 Å². The number of unbranched alkanes of at least 4 members (excludes halogenated alkanes) is 14. The summed E-state index contributed by atoms with van der Waals surface area (Å²) in [7, 11) is 0. The lowest BCUT2D eigenvalue weighted by Gasteiger charge is -2.09. The fraction of sp³-hybridized carbons (Fsp3) is 0.500. The lowest BCUT2D eigenvalue weighted by Crippen LogP contribution is -1.93. The molecule has 0 amide bonds. The highest BCUT2D eigenvalue weighted by atomic mass is 16.4. The van der Waals surface area contributed by atoms with E-state index in [4.69, 9.17) is 5.11 Å². The normalized spacial score (nSPS) is 11.2. The molecule has 4 aromatic rings. The predicted octanol–water partition coefficient (Wildman–Crippen LogP) is 10.9. The van der Waals surface area contributed by atoms with Crippen LogP contribution in [0.1, 0.15) is 110 Å². The number of benzene rings is 4. The number of rotatable bonds is 16. The lowest BCUT2D eigenvalue weighted by atomic mass is 9.95. The third kappa shape index (κ3) is 9.12. The summed E-state index contributed by atoms with van der Waals surface area (Å²) in [5.74, 6) is -0.653.